The highest BCUT2D eigenvalue weighted by Crippen LogP contribution is 2.11. The number of hydrogen-bond donors (Lipinski definition) is 2. The van der Waals surface area contributed by atoms with Gasteiger partial charge in [0, 0.05) is 33.4 Å². The number of aromatic nitrogens is 4. The molecule has 0 unspecified atom stereocenters. The molecule has 1 aromatic carbocycles. The number of rotatable bonds is 6. The van der Waals surface area contributed by atoms with Crippen molar-refractivity contribution in [2.24, 2.45) is 12.0 Å². The van der Waals surface area contributed by atoms with E-state index < -0.39 is 0 Å². The van der Waals surface area contributed by atoms with Gasteiger partial charge in [0.05, 0.1) is 29.6 Å². The Hall–Kier alpha value is -2.10. The number of benzene rings is 1. The number of guanidine groups is 1. The monoisotopic (exact) mass is 453 g/mol. The number of nitrogens with zero attached hydrogens (tertiary/aromatic N) is 5. The Morgan fingerprint density at radius 3 is 2.80 bits per heavy atom. The van der Waals surface area contributed by atoms with Crippen LogP contribution in [0.25, 0.3) is 11.0 Å². The number of imidazole rings is 1. The van der Waals surface area contributed by atoms with Crippen molar-refractivity contribution in [1.82, 2.24) is 30.0 Å². The van der Waals surface area contributed by atoms with E-state index in [0.29, 0.717) is 6.54 Å². The molecule has 0 atom stereocenters. The fourth-order valence-corrected chi connectivity index (χ4v) is 2.61. The van der Waals surface area contributed by atoms with Gasteiger partial charge in [0.15, 0.2) is 5.96 Å². The Morgan fingerprint density at radius 1 is 1.20 bits per heavy atom. The van der Waals surface area contributed by atoms with Crippen LogP contribution < -0.4 is 10.6 Å². The predicted octanol–water partition coefficient (Wildman–Crippen LogP) is 2.14. The summed E-state index contributed by atoms with van der Waals surface area (Å²) in [6.45, 7) is 2.46. The summed E-state index contributed by atoms with van der Waals surface area (Å²) in [5.41, 5.74) is 3.33. The molecule has 0 fully saturated rings. The molecule has 0 spiro atoms. The third-order valence-electron chi connectivity index (χ3n) is 3.98. The Kier molecular flexibility index (Phi) is 7.23. The molecule has 0 aliphatic carbocycles. The number of aryl methyl sites for hydroxylation is 2. The van der Waals surface area contributed by atoms with Crippen LogP contribution in [0.2, 0.25) is 0 Å². The predicted molar refractivity (Wildman–Crippen MR) is 111 cm³/mol. The second-order valence-corrected chi connectivity index (χ2v) is 5.58. The molecule has 8 heteroatoms. The normalized spacial score (nSPS) is 11.4. The maximum absolute atomic E-state index is 4.41. The van der Waals surface area contributed by atoms with Gasteiger partial charge < -0.3 is 15.2 Å². The summed E-state index contributed by atoms with van der Waals surface area (Å²) < 4.78 is 4.03. The number of aliphatic imine (C=N–C) groups is 1. The number of fused-ring (bicyclic) bond motifs is 1. The van der Waals surface area contributed by atoms with Crippen molar-refractivity contribution in [3.05, 3.63) is 48.5 Å². The Bertz CT molecular complexity index is 821. The van der Waals surface area contributed by atoms with E-state index in [4.69, 9.17) is 0 Å². The van der Waals surface area contributed by atoms with Crippen LogP contribution in [-0.4, -0.2) is 38.9 Å². The summed E-state index contributed by atoms with van der Waals surface area (Å²) in [7, 11) is 3.71. The smallest absolute Gasteiger partial charge is 0.191 e. The van der Waals surface area contributed by atoms with Crippen LogP contribution >= 0.6 is 24.0 Å². The minimum Gasteiger partial charge on any atom is -0.356 e. The molecule has 7 nitrogen and oxygen atoms in total. The van der Waals surface area contributed by atoms with E-state index in [1.165, 1.54) is 5.52 Å². The minimum atomic E-state index is 0. The van der Waals surface area contributed by atoms with E-state index in [1.54, 1.807) is 13.2 Å². The van der Waals surface area contributed by atoms with Gasteiger partial charge in [0.2, 0.25) is 0 Å². The lowest BCUT2D eigenvalue weighted by Crippen LogP contribution is -2.37. The van der Waals surface area contributed by atoms with Crippen molar-refractivity contribution in [3.8, 4) is 0 Å². The topological polar surface area (TPSA) is 72.1 Å². The van der Waals surface area contributed by atoms with E-state index in [-0.39, 0.29) is 24.0 Å². The van der Waals surface area contributed by atoms with Crippen molar-refractivity contribution < 1.29 is 0 Å². The molecule has 0 saturated heterocycles. The number of para-hydroxylation sites is 2. The Balaban J connectivity index is 0.00000225. The lowest BCUT2D eigenvalue weighted by atomic mass is 10.3. The molecule has 0 saturated carbocycles. The van der Waals surface area contributed by atoms with Crippen LogP contribution in [0.15, 0.2) is 47.8 Å². The van der Waals surface area contributed by atoms with E-state index in [0.717, 1.165) is 36.7 Å². The molecule has 2 aromatic heterocycles. The molecule has 3 aromatic rings. The SMILES string of the molecule is CN=C(NCCCn1cnc2ccccc21)NCc1ccnn1C.I. The molecule has 0 radical (unpaired) electrons. The molecule has 0 aliphatic rings. The molecule has 2 N–H and O–H groups in total. The molecule has 3 rings (SSSR count). The van der Waals surface area contributed by atoms with Crippen LogP contribution in [0, 0.1) is 0 Å². The fraction of sp³-hybridized carbons (Fsp3) is 0.353. The Labute approximate surface area is 164 Å². The van der Waals surface area contributed by atoms with Gasteiger partial charge in [0.25, 0.3) is 0 Å². The third-order valence-corrected chi connectivity index (χ3v) is 3.98. The maximum Gasteiger partial charge on any atom is 0.191 e. The van der Waals surface area contributed by atoms with Crippen molar-refractivity contribution in [2.45, 2.75) is 19.5 Å². The molecule has 25 heavy (non-hydrogen) atoms. The second kappa shape index (κ2) is 9.40. The van der Waals surface area contributed by atoms with E-state index >= 15 is 0 Å². The first-order valence-corrected chi connectivity index (χ1v) is 8.09. The standard InChI is InChI=1S/C17H23N7.HI/c1-18-17(20-12-14-8-10-22-23(14)2)19-9-5-11-24-13-21-15-6-3-4-7-16(15)24;/h3-4,6-8,10,13H,5,9,11-12H2,1-2H3,(H2,18,19,20);1H. The van der Waals surface area contributed by atoms with Gasteiger partial charge in [-0.2, -0.15) is 5.10 Å². The van der Waals surface area contributed by atoms with Crippen LogP contribution in [0.3, 0.4) is 0 Å². The summed E-state index contributed by atoms with van der Waals surface area (Å²) in [6.07, 6.45) is 4.69. The zero-order chi connectivity index (χ0) is 16.8. The quantitative estimate of drug-likeness (QED) is 0.260. The fourth-order valence-electron chi connectivity index (χ4n) is 2.61. The zero-order valence-electron chi connectivity index (χ0n) is 14.5. The summed E-state index contributed by atoms with van der Waals surface area (Å²) in [5.74, 6) is 0.798. The first-order valence-electron chi connectivity index (χ1n) is 8.09. The molecule has 0 amide bonds. The van der Waals surface area contributed by atoms with Gasteiger partial charge in [-0.1, -0.05) is 12.1 Å². The highest BCUT2D eigenvalue weighted by Gasteiger charge is 2.03. The van der Waals surface area contributed by atoms with Crippen LogP contribution in [-0.2, 0) is 20.1 Å². The molecule has 2 heterocycles. The highest BCUT2D eigenvalue weighted by atomic mass is 127. The molecule has 134 valence electrons. The maximum atomic E-state index is 4.41. The van der Waals surface area contributed by atoms with E-state index in [1.807, 2.05) is 42.3 Å². The van der Waals surface area contributed by atoms with Gasteiger partial charge in [-0.05, 0) is 24.6 Å². The van der Waals surface area contributed by atoms with Gasteiger partial charge in [-0.15, -0.1) is 24.0 Å². The van der Waals surface area contributed by atoms with E-state index in [2.05, 4.69) is 36.3 Å². The highest BCUT2D eigenvalue weighted by molar-refractivity contribution is 14.0. The molecule has 0 aliphatic heterocycles. The summed E-state index contributed by atoms with van der Waals surface area (Å²) in [6, 6.07) is 10.2. The lowest BCUT2D eigenvalue weighted by molar-refractivity contribution is 0.633. The van der Waals surface area contributed by atoms with Crippen LogP contribution in [0.5, 0.6) is 0 Å². The van der Waals surface area contributed by atoms with Crippen molar-refractivity contribution >= 4 is 41.0 Å². The van der Waals surface area contributed by atoms with Gasteiger partial charge in [-0.25, -0.2) is 4.98 Å². The third kappa shape index (κ3) is 4.94. The first kappa shape index (κ1) is 19.2. The van der Waals surface area contributed by atoms with Gasteiger partial charge >= 0.3 is 0 Å². The lowest BCUT2D eigenvalue weighted by Gasteiger charge is -2.12. The molecule has 0 bridgehead atoms. The van der Waals surface area contributed by atoms with E-state index in [9.17, 15) is 0 Å². The average molecular weight is 453 g/mol. The second-order valence-electron chi connectivity index (χ2n) is 5.58. The average Bonchev–Trinajstić information content (AvgIpc) is 3.21. The van der Waals surface area contributed by atoms with Crippen LogP contribution in [0.1, 0.15) is 12.1 Å². The number of hydrogen-bond acceptors (Lipinski definition) is 3. The molecular weight excluding hydrogens is 429 g/mol. The Morgan fingerprint density at radius 2 is 2.04 bits per heavy atom. The van der Waals surface area contributed by atoms with Gasteiger partial charge in [-0.3, -0.25) is 9.67 Å². The van der Waals surface area contributed by atoms with Crippen molar-refractivity contribution in [3.63, 3.8) is 0 Å². The number of nitrogens with one attached hydrogen (secondary N) is 2. The summed E-state index contributed by atoms with van der Waals surface area (Å²) >= 11 is 0. The zero-order valence-corrected chi connectivity index (χ0v) is 16.8. The number of halogens is 1. The van der Waals surface area contributed by atoms with Crippen molar-refractivity contribution in [2.75, 3.05) is 13.6 Å². The van der Waals surface area contributed by atoms with Crippen LogP contribution in [0.4, 0.5) is 0 Å². The summed E-state index contributed by atoms with van der Waals surface area (Å²) in [5, 5.41) is 10.8. The summed E-state index contributed by atoms with van der Waals surface area (Å²) in [4.78, 5) is 8.66. The minimum absolute atomic E-state index is 0. The largest absolute Gasteiger partial charge is 0.356 e. The van der Waals surface area contributed by atoms with Crippen molar-refractivity contribution in [1.29, 1.82) is 0 Å². The first-order chi connectivity index (χ1) is 11.8. The molecular formula is C17H24IN7. The van der Waals surface area contributed by atoms with Gasteiger partial charge in [0.1, 0.15) is 0 Å².